The minimum atomic E-state index is -3.91. The molecule has 0 aliphatic rings. The molecule has 0 spiro atoms. The van der Waals surface area contributed by atoms with Gasteiger partial charge in [-0.1, -0.05) is 60.7 Å². The normalized spacial score (nSPS) is 11.3. The molecule has 0 saturated heterocycles. The van der Waals surface area contributed by atoms with Gasteiger partial charge in [-0.05, 0) is 29.8 Å². The second-order valence-electron chi connectivity index (χ2n) is 6.35. The van der Waals surface area contributed by atoms with Crippen LogP contribution in [0.5, 0.6) is 0 Å². The molecule has 0 amide bonds. The van der Waals surface area contributed by atoms with Gasteiger partial charge in [0, 0.05) is 6.42 Å². The molecular formula is C22H17FN2O3S. The van der Waals surface area contributed by atoms with E-state index in [4.69, 9.17) is 4.42 Å². The molecule has 0 bridgehead atoms. The van der Waals surface area contributed by atoms with Crippen LogP contribution in [-0.2, 0) is 16.4 Å². The van der Waals surface area contributed by atoms with Gasteiger partial charge < -0.3 is 4.42 Å². The van der Waals surface area contributed by atoms with Crippen molar-refractivity contribution >= 4 is 15.8 Å². The molecule has 1 aromatic heterocycles. The lowest BCUT2D eigenvalue weighted by Gasteiger charge is -2.07. The second kappa shape index (κ2) is 7.89. The van der Waals surface area contributed by atoms with Crippen molar-refractivity contribution in [1.82, 2.24) is 4.98 Å². The molecule has 0 aliphatic heterocycles. The van der Waals surface area contributed by atoms with Crippen LogP contribution in [0.25, 0.3) is 11.3 Å². The molecule has 3 aromatic carbocycles. The quantitative estimate of drug-likeness (QED) is 0.494. The molecule has 4 aromatic rings. The minimum absolute atomic E-state index is 0.0357. The first-order chi connectivity index (χ1) is 14.0. The molecule has 7 heteroatoms. The van der Waals surface area contributed by atoms with Crippen molar-refractivity contribution in [2.45, 2.75) is 11.3 Å². The smallest absolute Gasteiger partial charge is 0.263 e. The summed E-state index contributed by atoms with van der Waals surface area (Å²) in [5.41, 5.74) is 1.07. The maximum atomic E-state index is 14.4. The van der Waals surface area contributed by atoms with Gasteiger partial charge in [-0.2, -0.15) is 4.98 Å². The van der Waals surface area contributed by atoms with Crippen LogP contribution in [0.4, 0.5) is 10.2 Å². The third kappa shape index (κ3) is 4.20. The van der Waals surface area contributed by atoms with Gasteiger partial charge >= 0.3 is 0 Å². The van der Waals surface area contributed by atoms with E-state index in [1.165, 1.54) is 24.3 Å². The molecule has 0 unspecified atom stereocenters. The standard InChI is InChI=1S/C22H17FN2O3S/c23-19-14-8-7-13-18(19)21-22(25-29(26,27)17-11-5-2-6-12-17)24-20(28-21)15-16-9-3-1-4-10-16/h1-14,25H,15H2. The van der Waals surface area contributed by atoms with E-state index in [9.17, 15) is 12.8 Å². The van der Waals surface area contributed by atoms with Gasteiger partial charge in [0.1, 0.15) is 5.82 Å². The third-order valence-corrected chi connectivity index (χ3v) is 5.63. The molecule has 0 fully saturated rings. The van der Waals surface area contributed by atoms with Crippen LogP contribution in [0.1, 0.15) is 11.5 Å². The number of oxazole rings is 1. The third-order valence-electron chi connectivity index (χ3n) is 4.27. The Kier molecular flexibility index (Phi) is 5.14. The molecule has 1 heterocycles. The summed E-state index contributed by atoms with van der Waals surface area (Å²) in [6.07, 6.45) is 0.343. The molecule has 5 nitrogen and oxygen atoms in total. The Labute approximate surface area is 167 Å². The van der Waals surface area contributed by atoms with Crippen LogP contribution >= 0.6 is 0 Å². The number of hydrogen-bond donors (Lipinski definition) is 1. The second-order valence-corrected chi connectivity index (χ2v) is 8.03. The van der Waals surface area contributed by atoms with E-state index in [0.29, 0.717) is 6.42 Å². The maximum absolute atomic E-state index is 14.4. The number of nitrogens with one attached hydrogen (secondary N) is 1. The Morgan fingerprint density at radius 2 is 1.48 bits per heavy atom. The molecule has 29 heavy (non-hydrogen) atoms. The molecular weight excluding hydrogens is 391 g/mol. The average molecular weight is 408 g/mol. The summed E-state index contributed by atoms with van der Waals surface area (Å²) < 4.78 is 48.1. The number of nitrogens with zero attached hydrogens (tertiary/aromatic N) is 1. The zero-order chi connectivity index (χ0) is 20.3. The predicted octanol–water partition coefficient (Wildman–Crippen LogP) is 4.87. The van der Waals surface area contributed by atoms with Gasteiger partial charge in [0.2, 0.25) is 5.89 Å². The van der Waals surface area contributed by atoms with E-state index in [-0.39, 0.29) is 27.9 Å². The summed E-state index contributed by atoms with van der Waals surface area (Å²) in [7, 11) is -3.91. The lowest BCUT2D eigenvalue weighted by Crippen LogP contribution is -2.13. The minimum Gasteiger partial charge on any atom is -0.438 e. The first-order valence-electron chi connectivity index (χ1n) is 8.89. The number of rotatable bonds is 6. The van der Waals surface area contributed by atoms with Crippen LogP contribution < -0.4 is 4.72 Å². The van der Waals surface area contributed by atoms with Crippen molar-refractivity contribution in [2.24, 2.45) is 0 Å². The van der Waals surface area contributed by atoms with Crippen LogP contribution in [0.3, 0.4) is 0 Å². The van der Waals surface area contributed by atoms with Gasteiger partial charge in [0.05, 0.1) is 10.5 Å². The van der Waals surface area contributed by atoms with Crippen LogP contribution in [0.2, 0.25) is 0 Å². The lowest BCUT2D eigenvalue weighted by molar-refractivity contribution is 0.514. The number of anilines is 1. The topological polar surface area (TPSA) is 72.2 Å². The summed E-state index contributed by atoms with van der Waals surface area (Å²) in [5.74, 6) is -0.270. The van der Waals surface area contributed by atoms with Crippen molar-refractivity contribution in [3.8, 4) is 11.3 Å². The highest BCUT2D eigenvalue weighted by molar-refractivity contribution is 7.92. The van der Waals surface area contributed by atoms with E-state index in [2.05, 4.69) is 9.71 Å². The fourth-order valence-corrected chi connectivity index (χ4v) is 3.92. The van der Waals surface area contributed by atoms with E-state index in [0.717, 1.165) is 5.56 Å². The number of aromatic nitrogens is 1. The molecule has 4 rings (SSSR count). The number of sulfonamides is 1. The highest BCUT2D eigenvalue weighted by Crippen LogP contribution is 2.33. The lowest BCUT2D eigenvalue weighted by atomic mass is 10.1. The van der Waals surface area contributed by atoms with Crippen molar-refractivity contribution in [2.75, 3.05) is 4.72 Å². The van der Waals surface area contributed by atoms with E-state index in [1.807, 2.05) is 30.3 Å². The fourth-order valence-electron chi connectivity index (χ4n) is 2.89. The highest BCUT2D eigenvalue weighted by atomic mass is 32.2. The molecule has 0 radical (unpaired) electrons. The van der Waals surface area contributed by atoms with Gasteiger partial charge in [-0.3, -0.25) is 4.72 Å². The number of halogens is 1. The number of hydrogen-bond acceptors (Lipinski definition) is 4. The molecule has 0 saturated carbocycles. The number of benzene rings is 3. The predicted molar refractivity (Wildman–Crippen MR) is 108 cm³/mol. The highest BCUT2D eigenvalue weighted by Gasteiger charge is 2.23. The van der Waals surface area contributed by atoms with Crippen molar-refractivity contribution in [1.29, 1.82) is 0 Å². The molecule has 0 aliphatic carbocycles. The largest absolute Gasteiger partial charge is 0.438 e. The molecule has 146 valence electrons. The Morgan fingerprint density at radius 1 is 0.862 bits per heavy atom. The van der Waals surface area contributed by atoms with Gasteiger partial charge in [0.25, 0.3) is 10.0 Å². The summed E-state index contributed by atoms with van der Waals surface area (Å²) in [5, 5.41) is 0. The molecule has 1 N–H and O–H groups in total. The van der Waals surface area contributed by atoms with Gasteiger partial charge in [0.15, 0.2) is 11.6 Å². The molecule has 0 atom stereocenters. The average Bonchev–Trinajstić information content (AvgIpc) is 3.11. The SMILES string of the molecule is O=S(=O)(Nc1nc(Cc2ccccc2)oc1-c1ccccc1F)c1ccccc1. The zero-order valence-corrected chi connectivity index (χ0v) is 16.1. The van der Waals surface area contributed by atoms with E-state index in [1.54, 1.807) is 30.3 Å². The van der Waals surface area contributed by atoms with Gasteiger partial charge in [-0.25, -0.2) is 12.8 Å². The van der Waals surface area contributed by atoms with Crippen molar-refractivity contribution < 1.29 is 17.2 Å². The van der Waals surface area contributed by atoms with E-state index >= 15 is 0 Å². The first kappa shape index (κ1) is 18.9. The summed E-state index contributed by atoms with van der Waals surface area (Å²) in [6.45, 7) is 0. The monoisotopic (exact) mass is 408 g/mol. The fraction of sp³-hybridized carbons (Fsp3) is 0.0455. The summed E-state index contributed by atoms with van der Waals surface area (Å²) >= 11 is 0. The van der Waals surface area contributed by atoms with Crippen molar-refractivity contribution in [3.63, 3.8) is 0 Å². The maximum Gasteiger partial charge on any atom is 0.263 e. The van der Waals surface area contributed by atoms with Crippen molar-refractivity contribution in [3.05, 3.63) is 102 Å². The van der Waals surface area contributed by atoms with Crippen LogP contribution in [0.15, 0.2) is 94.2 Å². The first-order valence-corrected chi connectivity index (χ1v) is 10.4. The zero-order valence-electron chi connectivity index (χ0n) is 15.2. The Balaban J connectivity index is 1.76. The Morgan fingerprint density at radius 3 is 2.17 bits per heavy atom. The van der Waals surface area contributed by atoms with E-state index < -0.39 is 15.8 Å². The van der Waals surface area contributed by atoms with Crippen LogP contribution in [0, 0.1) is 5.82 Å². The van der Waals surface area contributed by atoms with Gasteiger partial charge in [-0.15, -0.1) is 0 Å². The summed E-state index contributed by atoms with van der Waals surface area (Å²) in [6, 6.07) is 23.4. The Hall–Kier alpha value is -3.45. The Bertz CT molecular complexity index is 1220. The van der Waals surface area contributed by atoms with Crippen LogP contribution in [-0.4, -0.2) is 13.4 Å². The summed E-state index contributed by atoms with van der Waals surface area (Å²) in [4.78, 5) is 4.39.